The topological polar surface area (TPSA) is 71.4 Å². The van der Waals surface area contributed by atoms with Crippen molar-refractivity contribution >= 4 is 63.5 Å². The van der Waals surface area contributed by atoms with Gasteiger partial charge in [-0.2, -0.15) is 5.10 Å². The maximum atomic E-state index is 12.8. The summed E-state index contributed by atoms with van der Waals surface area (Å²) in [7, 11) is 1.31. The second-order valence-electron chi connectivity index (χ2n) is 6.72. The van der Waals surface area contributed by atoms with Gasteiger partial charge in [0.1, 0.15) is 4.91 Å². The number of benzene rings is 2. The van der Waals surface area contributed by atoms with Gasteiger partial charge < -0.3 is 14.4 Å². The van der Waals surface area contributed by atoms with E-state index in [0.29, 0.717) is 21.3 Å². The number of anilines is 2. The van der Waals surface area contributed by atoms with E-state index in [2.05, 4.69) is 5.10 Å². The Kier molecular flexibility index (Phi) is 6.41. The van der Waals surface area contributed by atoms with E-state index in [1.807, 2.05) is 60.4 Å². The fourth-order valence-electron chi connectivity index (χ4n) is 3.43. The first-order valence-electron chi connectivity index (χ1n) is 9.76. The summed E-state index contributed by atoms with van der Waals surface area (Å²) in [5, 5.41) is 6.86. The average Bonchev–Trinajstić information content (AvgIpc) is 3.32. The molecule has 0 saturated carbocycles. The molecule has 0 saturated heterocycles. The predicted molar refractivity (Wildman–Crippen MR) is 130 cm³/mol. The maximum Gasteiger partial charge on any atom is 0.365 e. The van der Waals surface area contributed by atoms with Crippen LogP contribution < -0.4 is 9.91 Å². The minimum absolute atomic E-state index is 0.152. The summed E-state index contributed by atoms with van der Waals surface area (Å²) in [5.41, 5.74) is 2.10. The molecular weight excluding hydrogens is 470 g/mol. The van der Waals surface area contributed by atoms with Gasteiger partial charge in [-0.15, -0.1) is 0 Å². The number of hydrogen-bond donors (Lipinski definition) is 0. The van der Waals surface area contributed by atoms with Gasteiger partial charge in [0.05, 0.1) is 24.4 Å². The molecule has 0 radical (unpaired) electrons. The molecule has 4 rings (SSSR count). The molecular formula is C22H20ClN3O4S2. The van der Waals surface area contributed by atoms with Crippen LogP contribution in [0.5, 0.6) is 0 Å². The highest BCUT2D eigenvalue weighted by molar-refractivity contribution is 8.29. The first kappa shape index (κ1) is 22.6. The molecule has 1 atom stereocenters. The SMILES string of the molecule is CCOC(=O)C1=C(C)N(c2ccccc2)[C@]2(SC(C(=O)OC)=NN2c2ccccc2Cl)S1. The van der Waals surface area contributed by atoms with Gasteiger partial charge in [0.25, 0.3) is 0 Å². The number of rotatable bonds is 5. The number of ether oxygens (including phenoxy) is 2. The van der Waals surface area contributed by atoms with Gasteiger partial charge in [-0.1, -0.05) is 53.7 Å². The fourth-order valence-corrected chi connectivity index (χ4v) is 6.61. The number of hydrazone groups is 1. The van der Waals surface area contributed by atoms with Crippen molar-refractivity contribution in [1.82, 2.24) is 0 Å². The Labute approximate surface area is 199 Å². The first-order chi connectivity index (χ1) is 15.4. The van der Waals surface area contributed by atoms with Gasteiger partial charge in [-0.3, -0.25) is 0 Å². The van der Waals surface area contributed by atoms with Gasteiger partial charge >= 0.3 is 11.9 Å². The second kappa shape index (κ2) is 9.09. The zero-order valence-corrected chi connectivity index (χ0v) is 20.0. The lowest BCUT2D eigenvalue weighted by atomic mass is 10.2. The molecule has 0 unspecified atom stereocenters. The number of carbonyl (C=O) groups is 2. The van der Waals surface area contributed by atoms with Crippen molar-refractivity contribution in [2.24, 2.45) is 5.10 Å². The van der Waals surface area contributed by atoms with Gasteiger partial charge in [0, 0.05) is 11.4 Å². The molecule has 0 fully saturated rings. The molecule has 0 aliphatic carbocycles. The van der Waals surface area contributed by atoms with Crippen molar-refractivity contribution in [1.29, 1.82) is 0 Å². The summed E-state index contributed by atoms with van der Waals surface area (Å²) < 4.78 is 9.20. The minimum Gasteiger partial charge on any atom is -0.464 e. The number of halogens is 1. The number of thioether (sulfide) groups is 2. The van der Waals surface area contributed by atoms with E-state index in [-0.39, 0.29) is 11.7 Å². The standard InChI is InChI=1S/C22H20ClN3O4S2/c1-4-30-20(27)18-14(2)25(15-10-6-5-7-11-15)22(31-18)26(17-13-9-8-12-16(17)23)24-19(32-22)21(28)29-3/h5-13H,4H2,1-3H3/t22-/m1/s1. The van der Waals surface area contributed by atoms with Crippen LogP contribution in [0.3, 0.4) is 0 Å². The van der Waals surface area contributed by atoms with E-state index in [1.165, 1.54) is 30.6 Å². The summed E-state index contributed by atoms with van der Waals surface area (Å²) in [6.45, 7) is 3.86. The van der Waals surface area contributed by atoms with Crippen LogP contribution >= 0.6 is 35.1 Å². The number of hydrogen-bond acceptors (Lipinski definition) is 9. The second-order valence-corrected chi connectivity index (χ2v) is 9.73. The van der Waals surface area contributed by atoms with Crippen molar-refractivity contribution in [3.63, 3.8) is 0 Å². The quantitative estimate of drug-likeness (QED) is 0.541. The maximum absolute atomic E-state index is 12.8. The molecule has 0 bridgehead atoms. The van der Waals surface area contributed by atoms with Crippen LogP contribution in [0.15, 0.2) is 70.3 Å². The molecule has 2 aliphatic rings. The number of nitrogens with zero attached hydrogens (tertiary/aromatic N) is 3. The van der Waals surface area contributed by atoms with Crippen LogP contribution in [0.2, 0.25) is 5.02 Å². The van der Waals surface area contributed by atoms with Crippen LogP contribution in [0.4, 0.5) is 11.4 Å². The molecule has 2 aromatic rings. The predicted octanol–water partition coefficient (Wildman–Crippen LogP) is 5.04. The van der Waals surface area contributed by atoms with Crippen molar-refractivity contribution in [3.05, 3.63) is 70.2 Å². The lowest BCUT2D eigenvalue weighted by Crippen LogP contribution is -2.49. The monoisotopic (exact) mass is 489 g/mol. The zero-order chi connectivity index (χ0) is 22.9. The Balaban J connectivity index is 1.92. The summed E-state index contributed by atoms with van der Waals surface area (Å²) in [6.07, 6.45) is 0. The van der Waals surface area contributed by atoms with Gasteiger partial charge in [0.15, 0.2) is 0 Å². The number of allylic oxidation sites excluding steroid dienone is 1. The van der Waals surface area contributed by atoms with E-state index >= 15 is 0 Å². The summed E-state index contributed by atoms with van der Waals surface area (Å²) in [6, 6.07) is 16.8. The average molecular weight is 490 g/mol. The lowest BCUT2D eigenvalue weighted by molar-refractivity contribution is -0.137. The largest absolute Gasteiger partial charge is 0.464 e. The molecule has 2 aliphatic heterocycles. The molecule has 2 aromatic carbocycles. The molecule has 7 nitrogen and oxygen atoms in total. The highest BCUT2D eigenvalue weighted by atomic mass is 35.5. The third-order valence-corrected chi connectivity index (χ3v) is 7.96. The normalized spacial score (nSPS) is 20.1. The van der Waals surface area contributed by atoms with Gasteiger partial charge in [0.2, 0.25) is 9.37 Å². The molecule has 2 heterocycles. The molecule has 0 aromatic heterocycles. The number of methoxy groups -OCH3 is 1. The van der Waals surface area contributed by atoms with Crippen molar-refractivity contribution in [2.75, 3.05) is 23.6 Å². The number of esters is 2. The highest BCUT2D eigenvalue weighted by Crippen LogP contribution is 2.60. The highest BCUT2D eigenvalue weighted by Gasteiger charge is 2.58. The smallest absolute Gasteiger partial charge is 0.365 e. The van der Waals surface area contributed by atoms with Gasteiger partial charge in [-0.25, -0.2) is 14.6 Å². The zero-order valence-electron chi connectivity index (χ0n) is 17.6. The molecule has 10 heteroatoms. The number of para-hydroxylation sites is 2. The van der Waals surface area contributed by atoms with Crippen molar-refractivity contribution in [3.8, 4) is 0 Å². The van der Waals surface area contributed by atoms with Crippen LogP contribution in [-0.4, -0.2) is 35.0 Å². The van der Waals surface area contributed by atoms with Crippen LogP contribution in [-0.2, 0) is 19.1 Å². The van der Waals surface area contributed by atoms with E-state index in [9.17, 15) is 9.59 Å². The van der Waals surface area contributed by atoms with E-state index < -0.39 is 16.3 Å². The van der Waals surface area contributed by atoms with Gasteiger partial charge in [-0.05, 0) is 49.9 Å². The molecule has 0 amide bonds. The molecule has 1 spiro atoms. The minimum atomic E-state index is -1.07. The Morgan fingerprint density at radius 2 is 1.75 bits per heavy atom. The molecule has 166 valence electrons. The third kappa shape index (κ3) is 3.74. The summed E-state index contributed by atoms with van der Waals surface area (Å²) in [4.78, 5) is 27.7. The Morgan fingerprint density at radius 3 is 2.41 bits per heavy atom. The van der Waals surface area contributed by atoms with Crippen LogP contribution in [0.25, 0.3) is 0 Å². The fraction of sp³-hybridized carbons (Fsp3) is 0.227. The van der Waals surface area contributed by atoms with E-state index in [0.717, 1.165) is 5.69 Å². The van der Waals surface area contributed by atoms with Crippen molar-refractivity contribution in [2.45, 2.75) is 18.2 Å². The van der Waals surface area contributed by atoms with Crippen molar-refractivity contribution < 1.29 is 19.1 Å². The Morgan fingerprint density at radius 1 is 1.06 bits per heavy atom. The van der Waals surface area contributed by atoms with Crippen LogP contribution in [0, 0.1) is 0 Å². The lowest BCUT2D eigenvalue weighted by Gasteiger charge is -2.41. The van der Waals surface area contributed by atoms with E-state index in [4.69, 9.17) is 21.1 Å². The third-order valence-electron chi connectivity index (χ3n) is 4.79. The number of carbonyl (C=O) groups excluding carboxylic acids is 2. The molecule has 32 heavy (non-hydrogen) atoms. The summed E-state index contributed by atoms with van der Waals surface area (Å²) >= 11 is 8.99. The van der Waals surface area contributed by atoms with E-state index in [1.54, 1.807) is 18.0 Å². The van der Waals surface area contributed by atoms with Crippen LogP contribution in [0.1, 0.15) is 13.8 Å². The summed E-state index contributed by atoms with van der Waals surface area (Å²) in [5.74, 6) is -1.00. The Bertz CT molecular complexity index is 1130. The Hall–Kier alpha value is -2.62. The first-order valence-corrected chi connectivity index (χ1v) is 11.8. The molecule has 0 N–H and O–H groups in total.